The van der Waals surface area contributed by atoms with E-state index in [0.29, 0.717) is 18.0 Å². The summed E-state index contributed by atoms with van der Waals surface area (Å²) in [6, 6.07) is 10.7. The average Bonchev–Trinajstić information content (AvgIpc) is 2.97. The normalized spacial score (nSPS) is 13.0. The van der Waals surface area contributed by atoms with Crippen LogP contribution in [-0.2, 0) is 31.8 Å². The molecule has 0 aliphatic rings. The monoisotopic (exact) mass is 646 g/mol. The molecule has 0 amide bonds. The first-order chi connectivity index (χ1) is 20.6. The summed E-state index contributed by atoms with van der Waals surface area (Å²) in [7, 11) is 1.26. The molecule has 2 aromatic rings. The van der Waals surface area contributed by atoms with Gasteiger partial charge in [-0.2, -0.15) is 0 Å². The van der Waals surface area contributed by atoms with Gasteiger partial charge in [-0.1, -0.05) is 65.5 Å². The lowest BCUT2D eigenvalue weighted by Crippen LogP contribution is -2.43. The Morgan fingerprint density at radius 2 is 1.07 bits per heavy atom. The van der Waals surface area contributed by atoms with Gasteiger partial charge in [0.25, 0.3) is 0 Å². The largest absolute Gasteiger partial charge is 0.507 e. The first kappa shape index (κ1) is 38.5. The van der Waals surface area contributed by atoms with Crippen LogP contribution < -0.4 is 0 Å². The maximum atomic E-state index is 11.1. The van der Waals surface area contributed by atoms with Gasteiger partial charge in [0.2, 0.25) is 0 Å². The van der Waals surface area contributed by atoms with Gasteiger partial charge in [-0.25, -0.2) is 0 Å². The van der Waals surface area contributed by atoms with Crippen LogP contribution in [-0.4, -0.2) is 84.4 Å². The second-order valence-corrected chi connectivity index (χ2v) is 22.7. The van der Waals surface area contributed by atoms with Gasteiger partial charge >= 0.3 is 8.80 Å². The van der Waals surface area contributed by atoms with Crippen molar-refractivity contribution >= 4 is 16.9 Å². The topological polar surface area (TPSA) is 74.6 Å². The molecule has 0 aliphatic carbocycles. The van der Waals surface area contributed by atoms with Gasteiger partial charge in [0.05, 0.1) is 0 Å². The van der Waals surface area contributed by atoms with Crippen molar-refractivity contribution in [2.24, 2.45) is 0 Å². The van der Waals surface area contributed by atoms with Gasteiger partial charge in [0, 0.05) is 65.1 Å². The smallest absolute Gasteiger partial charge is 0.500 e. The Kier molecular flexibility index (Phi) is 14.6. The van der Waals surface area contributed by atoms with Crippen LogP contribution >= 0.6 is 0 Å². The molecule has 0 spiro atoms. The fourth-order valence-corrected chi connectivity index (χ4v) is 8.84. The maximum Gasteiger partial charge on any atom is 0.500 e. The first-order valence-electron chi connectivity index (χ1n) is 16.3. The molecule has 0 aromatic heterocycles. The Labute approximate surface area is 270 Å². The predicted molar refractivity (Wildman–Crippen MR) is 189 cm³/mol. The number of phenols is 2. The minimum Gasteiger partial charge on any atom is -0.507 e. The van der Waals surface area contributed by atoms with E-state index in [1.165, 1.54) is 18.0 Å². The summed E-state index contributed by atoms with van der Waals surface area (Å²) in [6.07, 6.45) is 2.08. The number of hydrogen-bond donors (Lipinski definition) is 2. The zero-order chi connectivity index (χ0) is 33.3. The molecular weight excluding hydrogens is 585 g/mol. The molecule has 0 atom stereocenters. The van der Waals surface area contributed by atoms with Crippen molar-refractivity contribution in [2.75, 3.05) is 47.5 Å². The van der Waals surface area contributed by atoms with E-state index in [1.54, 1.807) is 21.3 Å². The highest BCUT2D eigenvalue weighted by Crippen LogP contribution is 2.39. The van der Waals surface area contributed by atoms with Crippen LogP contribution in [0.4, 0.5) is 0 Å². The molecule has 0 fully saturated rings. The number of phenolic OH excluding ortho intramolecular Hbond substituents is 2. The van der Waals surface area contributed by atoms with Crippen molar-refractivity contribution in [3.8, 4) is 11.5 Å². The summed E-state index contributed by atoms with van der Waals surface area (Å²) < 4.78 is 16.8. The minimum absolute atomic E-state index is 0.326. The fraction of sp³-hybridized carbons (Fsp3) is 0.657. The zero-order valence-corrected chi connectivity index (χ0v) is 31.9. The third kappa shape index (κ3) is 10.4. The number of aryl methyl sites for hydroxylation is 2. The fourth-order valence-electron chi connectivity index (χ4n) is 5.92. The predicted octanol–water partition coefficient (Wildman–Crippen LogP) is 7.68. The van der Waals surface area contributed by atoms with E-state index in [-0.39, 0.29) is 5.41 Å². The quantitative estimate of drug-likeness (QED) is 0.152. The third-order valence-corrected chi connectivity index (χ3v) is 13.9. The molecule has 2 rings (SSSR count). The van der Waals surface area contributed by atoms with E-state index in [2.05, 4.69) is 81.4 Å². The van der Waals surface area contributed by atoms with Crippen LogP contribution in [0.2, 0.25) is 31.7 Å². The van der Waals surface area contributed by atoms with Crippen molar-refractivity contribution in [2.45, 2.75) is 105 Å². The van der Waals surface area contributed by atoms with Crippen LogP contribution in [0, 0.1) is 13.8 Å². The number of nitrogens with zero attached hydrogens (tertiary/aromatic N) is 2. The van der Waals surface area contributed by atoms with E-state index in [4.69, 9.17) is 13.3 Å². The summed E-state index contributed by atoms with van der Waals surface area (Å²) >= 11 is 0. The van der Waals surface area contributed by atoms with Gasteiger partial charge < -0.3 is 23.5 Å². The van der Waals surface area contributed by atoms with Gasteiger partial charge in [0.1, 0.15) is 11.5 Å². The Hall–Kier alpha value is -1.73. The Balaban J connectivity index is 2.33. The van der Waals surface area contributed by atoms with Gasteiger partial charge in [-0.05, 0) is 87.3 Å². The molecule has 0 saturated heterocycles. The molecular formula is C35H62N2O5Si2. The summed E-state index contributed by atoms with van der Waals surface area (Å²) in [5.41, 5.74) is 5.69. The van der Waals surface area contributed by atoms with Crippen LogP contribution in [0.1, 0.15) is 73.9 Å². The van der Waals surface area contributed by atoms with Crippen molar-refractivity contribution < 1.29 is 23.5 Å². The standard InChI is InChI=1S/C35H62N2O5Si2/c1-13-36(17-15-19-43(10,11)12)25-29-23-31(21-27(3)33(29)38)35(5,6)32-22-28(4)34(39)30(24-32)26-37(14-2)18-16-20-44(40-7,41-8)42-9/h21-24,38-39H,13-20,25-26H2,1-12H3. The van der Waals surface area contributed by atoms with E-state index in [0.717, 1.165) is 73.0 Å². The molecule has 0 bridgehead atoms. The first-order valence-corrected chi connectivity index (χ1v) is 22.0. The molecule has 0 radical (unpaired) electrons. The Morgan fingerprint density at radius 3 is 1.41 bits per heavy atom. The number of benzene rings is 2. The molecule has 2 N–H and O–H groups in total. The molecule has 7 nitrogen and oxygen atoms in total. The van der Waals surface area contributed by atoms with Crippen molar-refractivity contribution in [1.29, 1.82) is 0 Å². The second-order valence-electron chi connectivity index (χ2n) is 14.0. The van der Waals surface area contributed by atoms with Crippen LogP contribution in [0.25, 0.3) is 0 Å². The zero-order valence-electron chi connectivity index (χ0n) is 29.9. The van der Waals surface area contributed by atoms with Crippen LogP contribution in [0.5, 0.6) is 11.5 Å². The lowest BCUT2D eigenvalue weighted by atomic mass is 9.76. The lowest BCUT2D eigenvalue weighted by molar-refractivity contribution is 0.121. The molecule has 250 valence electrons. The summed E-state index contributed by atoms with van der Waals surface area (Å²) in [5.74, 6) is 0.758. The molecule has 0 saturated carbocycles. The van der Waals surface area contributed by atoms with Gasteiger partial charge in [-0.15, -0.1) is 0 Å². The molecule has 44 heavy (non-hydrogen) atoms. The third-order valence-electron chi connectivity index (χ3n) is 9.18. The summed E-state index contributed by atoms with van der Waals surface area (Å²) in [4.78, 5) is 4.79. The van der Waals surface area contributed by atoms with Crippen LogP contribution in [0.3, 0.4) is 0 Å². The highest BCUT2D eigenvalue weighted by Gasteiger charge is 2.37. The summed E-state index contributed by atoms with van der Waals surface area (Å²) in [6.45, 7) is 25.2. The van der Waals surface area contributed by atoms with Crippen LogP contribution in [0.15, 0.2) is 24.3 Å². The summed E-state index contributed by atoms with van der Waals surface area (Å²) in [5, 5.41) is 22.2. The Bertz CT molecular complexity index is 1190. The highest BCUT2D eigenvalue weighted by atomic mass is 28.4. The maximum absolute atomic E-state index is 11.1. The number of hydrogen-bond acceptors (Lipinski definition) is 7. The second kappa shape index (κ2) is 16.7. The van der Waals surface area contributed by atoms with E-state index in [9.17, 15) is 10.2 Å². The number of aromatic hydroxyl groups is 2. The number of rotatable bonds is 19. The van der Waals surface area contributed by atoms with Crippen molar-refractivity contribution in [3.05, 3.63) is 57.6 Å². The van der Waals surface area contributed by atoms with E-state index in [1.807, 2.05) is 13.8 Å². The van der Waals surface area contributed by atoms with E-state index < -0.39 is 16.9 Å². The van der Waals surface area contributed by atoms with E-state index >= 15 is 0 Å². The lowest BCUT2D eigenvalue weighted by Gasteiger charge is -2.31. The van der Waals surface area contributed by atoms with Gasteiger partial charge in [-0.3, -0.25) is 9.80 Å². The van der Waals surface area contributed by atoms with Crippen molar-refractivity contribution in [1.82, 2.24) is 9.80 Å². The molecule has 0 aliphatic heterocycles. The van der Waals surface area contributed by atoms with Crippen molar-refractivity contribution in [3.63, 3.8) is 0 Å². The average molecular weight is 647 g/mol. The molecule has 0 heterocycles. The molecule has 2 aromatic carbocycles. The molecule has 0 unspecified atom stereocenters. The SMILES string of the molecule is CCN(CCC[Si](C)(C)C)Cc1cc(C(C)(C)c2cc(C)c(O)c(CN(CC)CCC[Si](OC)(OC)OC)c2)cc(C)c1O. The van der Waals surface area contributed by atoms with Gasteiger partial charge in [0.15, 0.2) is 0 Å². The minimum atomic E-state index is -2.62. The highest BCUT2D eigenvalue weighted by molar-refractivity contribution is 6.76. The molecule has 9 heteroatoms. The Morgan fingerprint density at radius 1 is 0.682 bits per heavy atom.